The van der Waals surface area contributed by atoms with Crippen LogP contribution >= 0.6 is 0 Å². The third-order valence-electron chi connectivity index (χ3n) is 4.25. The smallest absolute Gasteiger partial charge is 0.277 e. The summed E-state index contributed by atoms with van der Waals surface area (Å²) in [5, 5.41) is 11.1. The average Bonchev–Trinajstić information content (AvgIpc) is 3.20. The zero-order valence-electron chi connectivity index (χ0n) is 14.2. The molecule has 2 aromatic heterocycles. The number of para-hydroxylation sites is 1. The first kappa shape index (κ1) is 16.2. The van der Waals surface area contributed by atoms with Crippen LogP contribution in [0.1, 0.15) is 29.8 Å². The molecule has 1 aliphatic rings. The number of anilines is 2. The number of hydrogen-bond acceptors (Lipinski definition) is 6. The Morgan fingerprint density at radius 1 is 0.962 bits per heavy atom. The Morgan fingerprint density at radius 3 is 2.42 bits per heavy atom. The van der Waals surface area contributed by atoms with E-state index in [1.165, 1.54) is 30.3 Å². The van der Waals surface area contributed by atoms with Crippen LogP contribution in [0.3, 0.4) is 0 Å². The lowest BCUT2D eigenvalue weighted by molar-refractivity contribution is 0.102. The van der Waals surface area contributed by atoms with Crippen molar-refractivity contribution < 1.29 is 4.79 Å². The first-order valence-electron chi connectivity index (χ1n) is 8.66. The van der Waals surface area contributed by atoms with Crippen molar-refractivity contribution in [3.63, 3.8) is 0 Å². The fourth-order valence-corrected chi connectivity index (χ4v) is 2.89. The number of rotatable bonds is 4. The van der Waals surface area contributed by atoms with Crippen molar-refractivity contribution in [1.82, 2.24) is 25.0 Å². The zero-order chi connectivity index (χ0) is 17.8. The van der Waals surface area contributed by atoms with E-state index in [1.54, 1.807) is 12.4 Å². The summed E-state index contributed by atoms with van der Waals surface area (Å²) in [5.74, 6) is 0.360. The van der Waals surface area contributed by atoms with Crippen LogP contribution in [0.25, 0.3) is 5.69 Å². The van der Waals surface area contributed by atoms with Gasteiger partial charge in [0.1, 0.15) is 0 Å². The lowest BCUT2D eigenvalue weighted by Crippen LogP contribution is -2.30. The molecule has 0 unspecified atom stereocenters. The maximum absolute atomic E-state index is 12.4. The summed E-state index contributed by atoms with van der Waals surface area (Å²) < 4.78 is 0. The largest absolute Gasteiger partial charge is 0.341 e. The third-order valence-corrected chi connectivity index (χ3v) is 4.25. The molecule has 0 spiro atoms. The van der Waals surface area contributed by atoms with E-state index in [0.29, 0.717) is 11.6 Å². The van der Waals surface area contributed by atoms with Crippen molar-refractivity contribution in [2.24, 2.45) is 0 Å². The monoisotopic (exact) mass is 349 g/mol. The highest BCUT2D eigenvalue weighted by molar-refractivity contribution is 6.02. The van der Waals surface area contributed by atoms with E-state index in [-0.39, 0.29) is 11.6 Å². The Hall–Kier alpha value is -3.29. The van der Waals surface area contributed by atoms with Crippen LogP contribution in [0.15, 0.2) is 48.9 Å². The molecule has 1 fully saturated rings. The Kier molecular flexibility index (Phi) is 4.55. The molecule has 8 nitrogen and oxygen atoms in total. The van der Waals surface area contributed by atoms with Crippen molar-refractivity contribution in [2.75, 3.05) is 23.3 Å². The number of hydrogen-bond donors (Lipinski definition) is 1. The number of piperidine rings is 1. The summed E-state index contributed by atoms with van der Waals surface area (Å²) in [6.45, 7) is 1.96. The van der Waals surface area contributed by atoms with Gasteiger partial charge in [-0.3, -0.25) is 4.79 Å². The molecule has 132 valence electrons. The zero-order valence-corrected chi connectivity index (χ0v) is 14.2. The van der Waals surface area contributed by atoms with E-state index in [4.69, 9.17) is 0 Å². The van der Waals surface area contributed by atoms with Gasteiger partial charge in [0, 0.05) is 13.1 Å². The van der Waals surface area contributed by atoms with E-state index in [1.807, 2.05) is 30.3 Å². The molecule has 4 rings (SSSR count). The minimum atomic E-state index is -0.346. The lowest BCUT2D eigenvalue weighted by atomic mass is 10.1. The number of carbonyl (C=O) groups is 1. The molecular weight excluding hydrogens is 330 g/mol. The van der Waals surface area contributed by atoms with Crippen molar-refractivity contribution >= 4 is 17.5 Å². The molecule has 3 aromatic rings. The van der Waals surface area contributed by atoms with Gasteiger partial charge in [0.05, 0.1) is 30.0 Å². The summed E-state index contributed by atoms with van der Waals surface area (Å²) in [7, 11) is 0. The van der Waals surface area contributed by atoms with Crippen LogP contribution in [0.5, 0.6) is 0 Å². The molecule has 1 amide bonds. The molecule has 0 bridgehead atoms. The SMILES string of the molecule is O=C(Nc1cnc(N2CCCCC2)nc1)c1cnn(-c2ccccc2)n1. The van der Waals surface area contributed by atoms with E-state index < -0.39 is 0 Å². The first-order valence-corrected chi connectivity index (χ1v) is 8.66. The summed E-state index contributed by atoms with van der Waals surface area (Å²) in [6, 6.07) is 9.43. The Morgan fingerprint density at radius 2 is 1.69 bits per heavy atom. The van der Waals surface area contributed by atoms with Gasteiger partial charge in [-0.1, -0.05) is 18.2 Å². The molecule has 8 heteroatoms. The molecule has 0 aliphatic carbocycles. The lowest BCUT2D eigenvalue weighted by Gasteiger charge is -2.26. The Labute approximate surface area is 150 Å². The Bertz CT molecular complexity index is 870. The predicted octanol–water partition coefficient (Wildman–Crippen LogP) is 2.30. The Balaban J connectivity index is 1.42. The molecule has 0 radical (unpaired) electrons. The minimum absolute atomic E-state index is 0.231. The van der Waals surface area contributed by atoms with Gasteiger partial charge in [0.2, 0.25) is 5.95 Å². The fraction of sp³-hybridized carbons (Fsp3) is 0.278. The van der Waals surface area contributed by atoms with Crippen molar-refractivity contribution in [3.05, 3.63) is 54.6 Å². The van der Waals surface area contributed by atoms with Crippen LogP contribution in [0, 0.1) is 0 Å². The highest BCUT2D eigenvalue weighted by atomic mass is 16.2. The number of nitrogens with one attached hydrogen (secondary N) is 1. The minimum Gasteiger partial charge on any atom is -0.341 e. The van der Waals surface area contributed by atoms with Crippen LogP contribution in [0.2, 0.25) is 0 Å². The number of amides is 1. The van der Waals surface area contributed by atoms with Crippen molar-refractivity contribution in [2.45, 2.75) is 19.3 Å². The van der Waals surface area contributed by atoms with Crippen molar-refractivity contribution in [3.8, 4) is 5.69 Å². The highest BCUT2D eigenvalue weighted by Gasteiger charge is 2.15. The van der Waals surface area contributed by atoms with Gasteiger partial charge in [0.25, 0.3) is 5.91 Å². The van der Waals surface area contributed by atoms with E-state index in [9.17, 15) is 4.79 Å². The number of carbonyl (C=O) groups excluding carboxylic acids is 1. The van der Waals surface area contributed by atoms with Crippen molar-refractivity contribution in [1.29, 1.82) is 0 Å². The van der Waals surface area contributed by atoms with Gasteiger partial charge in [-0.2, -0.15) is 9.90 Å². The third kappa shape index (κ3) is 3.53. The van der Waals surface area contributed by atoms with Gasteiger partial charge < -0.3 is 10.2 Å². The molecule has 0 atom stereocenters. The van der Waals surface area contributed by atoms with Gasteiger partial charge in [0.15, 0.2) is 5.69 Å². The maximum atomic E-state index is 12.4. The standard InChI is InChI=1S/C18H19N7O/c26-17(16-13-21-25(23-16)15-7-3-1-4-8-15)22-14-11-19-18(20-12-14)24-9-5-2-6-10-24/h1,3-4,7-8,11-13H,2,5-6,9-10H2,(H,22,26). The highest BCUT2D eigenvalue weighted by Crippen LogP contribution is 2.16. The summed E-state index contributed by atoms with van der Waals surface area (Å²) >= 11 is 0. The normalized spacial score (nSPS) is 14.2. The molecule has 1 aliphatic heterocycles. The molecule has 26 heavy (non-hydrogen) atoms. The number of nitrogens with zero attached hydrogens (tertiary/aromatic N) is 6. The summed E-state index contributed by atoms with van der Waals surface area (Å²) in [6.07, 6.45) is 8.27. The van der Waals surface area contributed by atoms with Crippen LogP contribution in [-0.4, -0.2) is 44.0 Å². The predicted molar refractivity (Wildman–Crippen MR) is 97.4 cm³/mol. The number of benzene rings is 1. The second-order valence-electron chi connectivity index (χ2n) is 6.13. The maximum Gasteiger partial charge on any atom is 0.277 e. The van der Waals surface area contributed by atoms with E-state index in [2.05, 4.69) is 30.4 Å². The van der Waals surface area contributed by atoms with Gasteiger partial charge >= 0.3 is 0 Å². The molecule has 3 heterocycles. The summed E-state index contributed by atoms with van der Waals surface area (Å²) in [5.41, 5.74) is 1.56. The van der Waals surface area contributed by atoms with Gasteiger partial charge in [-0.15, -0.1) is 5.10 Å². The first-order chi connectivity index (χ1) is 12.8. The average molecular weight is 349 g/mol. The van der Waals surface area contributed by atoms with Crippen LogP contribution in [-0.2, 0) is 0 Å². The fourth-order valence-electron chi connectivity index (χ4n) is 2.89. The van der Waals surface area contributed by atoms with Gasteiger partial charge in [-0.05, 0) is 31.4 Å². The topological polar surface area (TPSA) is 88.8 Å². The second-order valence-corrected chi connectivity index (χ2v) is 6.13. The van der Waals surface area contributed by atoms with E-state index >= 15 is 0 Å². The quantitative estimate of drug-likeness (QED) is 0.777. The van der Waals surface area contributed by atoms with Crippen LogP contribution in [0.4, 0.5) is 11.6 Å². The van der Waals surface area contributed by atoms with E-state index in [0.717, 1.165) is 18.8 Å². The van der Waals surface area contributed by atoms with Crippen LogP contribution < -0.4 is 10.2 Å². The second kappa shape index (κ2) is 7.30. The number of aromatic nitrogens is 5. The van der Waals surface area contributed by atoms with Gasteiger partial charge in [-0.25, -0.2) is 9.97 Å². The summed E-state index contributed by atoms with van der Waals surface area (Å²) in [4.78, 5) is 24.7. The molecular formula is C18H19N7O. The molecule has 1 aromatic carbocycles. The molecule has 0 saturated carbocycles. The molecule has 1 N–H and O–H groups in total. The molecule has 1 saturated heterocycles.